The molecule has 1 atom stereocenters. The van der Waals surface area contributed by atoms with Crippen LogP contribution in [-0.2, 0) is 0 Å². The standard InChI is InChI=1S/C11H21F3N4O/c1-18(2)10(4-3-5-10)7-16-6-8(9(15)17-19)11(12,13)14/h8,16,19H,3-7H2,1-2H3,(H2,15,17). The van der Waals surface area contributed by atoms with Crippen LogP contribution >= 0.6 is 0 Å². The zero-order valence-corrected chi connectivity index (χ0v) is 11.2. The molecule has 0 aromatic heterocycles. The van der Waals surface area contributed by atoms with Gasteiger partial charge in [0, 0.05) is 18.6 Å². The first-order valence-corrected chi connectivity index (χ1v) is 6.15. The lowest BCUT2D eigenvalue weighted by Crippen LogP contribution is -2.57. The van der Waals surface area contributed by atoms with Crippen molar-refractivity contribution < 1.29 is 18.4 Å². The molecule has 0 amide bonds. The number of alkyl halides is 3. The van der Waals surface area contributed by atoms with Crippen LogP contribution < -0.4 is 11.1 Å². The first kappa shape index (κ1) is 16.0. The number of halogens is 3. The third-order valence-corrected chi connectivity index (χ3v) is 3.90. The molecule has 5 nitrogen and oxygen atoms in total. The Balaban J connectivity index is 2.54. The molecule has 1 aliphatic carbocycles. The van der Waals surface area contributed by atoms with Gasteiger partial charge in [0.25, 0.3) is 0 Å². The van der Waals surface area contributed by atoms with Crippen LogP contribution in [0.4, 0.5) is 13.2 Å². The predicted molar refractivity (Wildman–Crippen MR) is 66.1 cm³/mol. The summed E-state index contributed by atoms with van der Waals surface area (Å²) >= 11 is 0. The van der Waals surface area contributed by atoms with E-state index < -0.39 is 17.9 Å². The largest absolute Gasteiger partial charge is 0.409 e. The number of likely N-dealkylation sites (N-methyl/N-ethyl adjacent to an activating group) is 1. The van der Waals surface area contributed by atoms with Gasteiger partial charge in [-0.25, -0.2) is 0 Å². The Labute approximate surface area is 110 Å². The second kappa shape index (κ2) is 5.96. The number of hydrogen-bond acceptors (Lipinski definition) is 4. The average Bonchev–Trinajstić information content (AvgIpc) is 2.23. The normalized spacial score (nSPS) is 21.3. The van der Waals surface area contributed by atoms with Crippen LogP contribution in [0.2, 0.25) is 0 Å². The second-order valence-corrected chi connectivity index (χ2v) is 5.22. The highest BCUT2D eigenvalue weighted by Crippen LogP contribution is 2.35. The maximum Gasteiger partial charge on any atom is 0.400 e. The molecule has 1 fully saturated rings. The molecule has 1 saturated carbocycles. The Kier molecular flexibility index (Phi) is 5.03. The van der Waals surface area contributed by atoms with E-state index >= 15 is 0 Å². The van der Waals surface area contributed by atoms with Gasteiger partial charge in [-0.3, -0.25) is 0 Å². The van der Waals surface area contributed by atoms with E-state index in [1.54, 1.807) is 0 Å². The molecule has 4 N–H and O–H groups in total. The lowest BCUT2D eigenvalue weighted by atomic mass is 9.75. The maximum absolute atomic E-state index is 12.7. The molecule has 1 aliphatic rings. The van der Waals surface area contributed by atoms with Crippen LogP contribution in [0, 0.1) is 5.92 Å². The first-order valence-electron chi connectivity index (χ1n) is 6.15. The van der Waals surface area contributed by atoms with E-state index in [1.165, 1.54) is 0 Å². The van der Waals surface area contributed by atoms with E-state index in [2.05, 4.69) is 10.5 Å². The van der Waals surface area contributed by atoms with E-state index in [0.717, 1.165) is 19.3 Å². The maximum atomic E-state index is 12.7. The minimum absolute atomic E-state index is 0.0682. The average molecular weight is 282 g/mol. The van der Waals surface area contributed by atoms with E-state index in [4.69, 9.17) is 10.9 Å². The van der Waals surface area contributed by atoms with E-state index in [9.17, 15) is 13.2 Å². The first-order chi connectivity index (χ1) is 8.73. The Morgan fingerprint density at radius 1 is 1.47 bits per heavy atom. The summed E-state index contributed by atoms with van der Waals surface area (Å²) in [5.41, 5.74) is 5.02. The molecule has 0 heterocycles. The van der Waals surface area contributed by atoms with Crippen LogP contribution in [0.25, 0.3) is 0 Å². The number of nitrogens with two attached hydrogens (primary N) is 1. The molecule has 0 aliphatic heterocycles. The summed E-state index contributed by atoms with van der Waals surface area (Å²) < 4.78 is 38.1. The molecule has 0 spiro atoms. The monoisotopic (exact) mass is 282 g/mol. The molecule has 0 saturated heterocycles. The van der Waals surface area contributed by atoms with Gasteiger partial charge in [-0.15, -0.1) is 0 Å². The molecule has 0 aromatic rings. The summed E-state index contributed by atoms with van der Waals surface area (Å²) in [6.45, 7) is 0.0836. The number of hydrogen-bond donors (Lipinski definition) is 3. The Bertz CT molecular complexity index is 326. The molecule has 1 rings (SSSR count). The zero-order valence-electron chi connectivity index (χ0n) is 11.2. The molecule has 0 radical (unpaired) electrons. The molecule has 112 valence electrons. The Morgan fingerprint density at radius 2 is 2.05 bits per heavy atom. The summed E-state index contributed by atoms with van der Waals surface area (Å²) in [4.78, 5) is 2.04. The lowest BCUT2D eigenvalue weighted by Gasteiger charge is -2.47. The van der Waals surface area contributed by atoms with Crippen LogP contribution in [0.5, 0.6) is 0 Å². The van der Waals surface area contributed by atoms with Gasteiger partial charge in [-0.1, -0.05) is 5.16 Å². The predicted octanol–water partition coefficient (Wildman–Crippen LogP) is 0.985. The summed E-state index contributed by atoms with van der Waals surface area (Å²) in [7, 11) is 3.84. The van der Waals surface area contributed by atoms with Crippen LogP contribution in [-0.4, -0.2) is 54.8 Å². The molecule has 19 heavy (non-hydrogen) atoms. The van der Waals surface area contributed by atoms with Crippen molar-refractivity contribution in [1.82, 2.24) is 10.2 Å². The van der Waals surface area contributed by atoms with Crippen molar-refractivity contribution in [3.8, 4) is 0 Å². The SMILES string of the molecule is CN(C)C1(CNCC(C(N)=NO)C(F)(F)F)CCC1. The van der Waals surface area contributed by atoms with Gasteiger partial charge in [0.05, 0.1) is 0 Å². The fourth-order valence-corrected chi connectivity index (χ4v) is 2.27. The van der Waals surface area contributed by atoms with E-state index in [-0.39, 0.29) is 12.1 Å². The van der Waals surface area contributed by atoms with Gasteiger partial charge in [-0.2, -0.15) is 13.2 Å². The molecule has 0 bridgehead atoms. The second-order valence-electron chi connectivity index (χ2n) is 5.22. The number of nitrogens with one attached hydrogen (secondary N) is 1. The van der Waals surface area contributed by atoms with Crippen molar-refractivity contribution >= 4 is 5.84 Å². The third-order valence-electron chi connectivity index (χ3n) is 3.90. The quantitative estimate of drug-likeness (QED) is 0.294. The fraction of sp³-hybridized carbons (Fsp3) is 0.909. The topological polar surface area (TPSA) is 73.9 Å². The molecule has 0 aromatic carbocycles. The highest BCUT2D eigenvalue weighted by molar-refractivity contribution is 5.83. The van der Waals surface area contributed by atoms with Crippen molar-refractivity contribution in [2.75, 3.05) is 27.2 Å². The van der Waals surface area contributed by atoms with Crippen molar-refractivity contribution in [1.29, 1.82) is 0 Å². The Hall–Kier alpha value is -1.02. The highest BCUT2D eigenvalue weighted by atomic mass is 19.4. The highest BCUT2D eigenvalue weighted by Gasteiger charge is 2.44. The number of nitrogens with zero attached hydrogens (tertiary/aromatic N) is 2. The van der Waals surface area contributed by atoms with Gasteiger partial charge in [0.2, 0.25) is 0 Å². The smallest absolute Gasteiger partial charge is 0.400 e. The van der Waals surface area contributed by atoms with Crippen molar-refractivity contribution in [3.05, 3.63) is 0 Å². The van der Waals surface area contributed by atoms with Gasteiger partial charge in [0.15, 0.2) is 5.84 Å². The van der Waals surface area contributed by atoms with E-state index in [0.29, 0.717) is 6.54 Å². The molecule has 8 heteroatoms. The molecular weight excluding hydrogens is 261 g/mol. The lowest BCUT2D eigenvalue weighted by molar-refractivity contribution is -0.155. The summed E-state index contributed by atoms with van der Waals surface area (Å²) in [5.74, 6) is -2.77. The number of oxime groups is 1. The van der Waals surface area contributed by atoms with Gasteiger partial charge in [0.1, 0.15) is 5.92 Å². The van der Waals surface area contributed by atoms with Crippen LogP contribution in [0.15, 0.2) is 5.16 Å². The minimum atomic E-state index is -4.52. The van der Waals surface area contributed by atoms with Crippen molar-refractivity contribution in [2.45, 2.75) is 31.0 Å². The number of rotatable bonds is 6. The van der Waals surface area contributed by atoms with Gasteiger partial charge < -0.3 is 21.2 Å². The van der Waals surface area contributed by atoms with Gasteiger partial charge in [-0.05, 0) is 33.4 Å². The van der Waals surface area contributed by atoms with Gasteiger partial charge >= 0.3 is 6.18 Å². The van der Waals surface area contributed by atoms with Crippen molar-refractivity contribution in [3.63, 3.8) is 0 Å². The van der Waals surface area contributed by atoms with E-state index in [1.807, 2.05) is 19.0 Å². The van der Waals surface area contributed by atoms with Crippen molar-refractivity contribution in [2.24, 2.45) is 16.8 Å². The third kappa shape index (κ3) is 3.73. The molecule has 1 unspecified atom stereocenters. The Morgan fingerprint density at radius 3 is 2.37 bits per heavy atom. The van der Waals surface area contributed by atoms with Crippen LogP contribution in [0.3, 0.4) is 0 Å². The minimum Gasteiger partial charge on any atom is -0.409 e. The zero-order chi connectivity index (χ0) is 14.7. The summed E-state index contributed by atoms with van der Waals surface area (Å²) in [6, 6.07) is 0. The summed E-state index contributed by atoms with van der Waals surface area (Å²) in [6.07, 6.45) is -1.50. The van der Waals surface area contributed by atoms with Crippen LogP contribution in [0.1, 0.15) is 19.3 Å². The molecular formula is C11H21F3N4O. The number of amidine groups is 1. The fourth-order valence-electron chi connectivity index (χ4n) is 2.27. The summed E-state index contributed by atoms with van der Waals surface area (Å²) in [5, 5.41) is 13.7.